The average Bonchev–Trinajstić information content (AvgIpc) is 2.02. The Bertz CT molecular complexity index is 143. The Balaban J connectivity index is 3.60. The molecule has 2 heteroatoms. The Morgan fingerprint density at radius 3 is 2.21 bits per heavy atom. The fourth-order valence-electron chi connectivity index (χ4n) is 1.26. The Hall–Kier alpha value is -0.0800. The molecule has 1 unspecified atom stereocenters. The van der Waals surface area contributed by atoms with E-state index in [0.717, 1.165) is 19.4 Å². The van der Waals surface area contributed by atoms with Crippen LogP contribution in [0.1, 0.15) is 54.4 Å². The minimum atomic E-state index is 0.0250. The molecule has 0 heterocycles. The maximum Gasteiger partial charge on any atom is 0.0627 e. The molecule has 0 rings (SSSR count). The molecular weight excluding hydrogens is 174 g/mol. The van der Waals surface area contributed by atoms with Crippen molar-refractivity contribution in [3.05, 3.63) is 0 Å². The van der Waals surface area contributed by atoms with Gasteiger partial charge in [0.1, 0.15) is 0 Å². The third-order valence-electron chi connectivity index (χ3n) is 2.48. The van der Waals surface area contributed by atoms with Crippen molar-refractivity contribution >= 4 is 0 Å². The van der Waals surface area contributed by atoms with Crippen LogP contribution in [0.25, 0.3) is 0 Å². The summed E-state index contributed by atoms with van der Waals surface area (Å²) in [5.74, 6) is 0. The fraction of sp³-hybridized carbons (Fsp3) is 1.00. The number of ether oxygens (including phenoxy) is 1. The van der Waals surface area contributed by atoms with Gasteiger partial charge in [-0.1, -0.05) is 20.8 Å². The first-order valence-corrected chi connectivity index (χ1v) is 5.78. The van der Waals surface area contributed by atoms with Crippen LogP contribution in [0, 0.1) is 0 Å². The van der Waals surface area contributed by atoms with E-state index in [2.05, 4.69) is 46.9 Å². The highest BCUT2D eigenvalue weighted by Crippen LogP contribution is 2.17. The monoisotopic (exact) mass is 201 g/mol. The van der Waals surface area contributed by atoms with Crippen LogP contribution < -0.4 is 5.32 Å². The van der Waals surface area contributed by atoms with E-state index in [1.54, 1.807) is 0 Å². The predicted molar refractivity (Wildman–Crippen MR) is 62.7 cm³/mol. The van der Waals surface area contributed by atoms with Gasteiger partial charge in [0.05, 0.1) is 11.7 Å². The summed E-state index contributed by atoms with van der Waals surface area (Å²) >= 11 is 0. The maximum absolute atomic E-state index is 5.93. The lowest BCUT2D eigenvalue weighted by molar-refractivity contribution is -0.0678. The third-order valence-corrected chi connectivity index (χ3v) is 2.48. The van der Waals surface area contributed by atoms with Crippen molar-refractivity contribution in [3.63, 3.8) is 0 Å². The molecule has 0 saturated heterocycles. The first-order valence-electron chi connectivity index (χ1n) is 5.78. The molecule has 0 spiro atoms. The largest absolute Gasteiger partial charge is 0.373 e. The lowest BCUT2D eigenvalue weighted by atomic mass is 10.1. The topological polar surface area (TPSA) is 21.3 Å². The van der Waals surface area contributed by atoms with Gasteiger partial charge >= 0.3 is 0 Å². The van der Waals surface area contributed by atoms with Gasteiger partial charge in [-0.15, -0.1) is 0 Å². The van der Waals surface area contributed by atoms with E-state index in [-0.39, 0.29) is 5.60 Å². The number of rotatable bonds is 7. The van der Waals surface area contributed by atoms with Gasteiger partial charge in [0.25, 0.3) is 0 Å². The molecule has 86 valence electrons. The van der Waals surface area contributed by atoms with E-state index in [9.17, 15) is 0 Å². The first kappa shape index (κ1) is 13.9. The second kappa shape index (κ2) is 6.41. The first-order chi connectivity index (χ1) is 6.37. The van der Waals surface area contributed by atoms with Gasteiger partial charge in [-0.3, -0.25) is 0 Å². The third kappa shape index (κ3) is 7.34. The van der Waals surface area contributed by atoms with E-state index in [0.29, 0.717) is 12.1 Å². The van der Waals surface area contributed by atoms with E-state index in [1.807, 2.05) is 0 Å². The molecule has 0 radical (unpaired) electrons. The lowest BCUT2D eigenvalue weighted by Gasteiger charge is -2.28. The molecule has 0 aliphatic carbocycles. The normalized spacial score (nSPS) is 14.8. The summed E-state index contributed by atoms with van der Waals surface area (Å²) in [6.45, 7) is 14.0. The Labute approximate surface area is 89.4 Å². The summed E-state index contributed by atoms with van der Waals surface area (Å²) in [6, 6.07) is 0.571. The fourth-order valence-corrected chi connectivity index (χ4v) is 1.26. The van der Waals surface area contributed by atoms with Crippen molar-refractivity contribution in [1.82, 2.24) is 5.32 Å². The number of nitrogens with one attached hydrogen (secondary N) is 1. The molecule has 0 fully saturated rings. The van der Waals surface area contributed by atoms with Crippen LogP contribution in [0.2, 0.25) is 0 Å². The van der Waals surface area contributed by atoms with Gasteiger partial charge in [0.2, 0.25) is 0 Å². The summed E-state index contributed by atoms with van der Waals surface area (Å²) in [6.07, 6.45) is 2.49. The Morgan fingerprint density at radius 1 is 1.21 bits per heavy atom. The maximum atomic E-state index is 5.93. The molecule has 0 bridgehead atoms. The summed E-state index contributed by atoms with van der Waals surface area (Å²) in [4.78, 5) is 0. The molecule has 14 heavy (non-hydrogen) atoms. The molecule has 0 aromatic heterocycles. The summed E-state index contributed by atoms with van der Waals surface area (Å²) in [5.41, 5.74) is 0.0250. The molecular formula is C12H27NO. The predicted octanol–water partition coefficient (Wildman–Crippen LogP) is 2.97. The smallest absolute Gasteiger partial charge is 0.0627 e. The highest BCUT2D eigenvalue weighted by atomic mass is 16.5. The Kier molecular flexibility index (Phi) is 6.38. The van der Waals surface area contributed by atoms with Crippen molar-refractivity contribution in [1.29, 1.82) is 0 Å². The van der Waals surface area contributed by atoms with Gasteiger partial charge in [0, 0.05) is 6.04 Å². The van der Waals surface area contributed by atoms with E-state index in [4.69, 9.17) is 4.74 Å². The van der Waals surface area contributed by atoms with Gasteiger partial charge in [0.15, 0.2) is 0 Å². The SMILES string of the molecule is CCC(C)(C)OC(C)CCNC(C)C. The van der Waals surface area contributed by atoms with Crippen LogP contribution in [0.4, 0.5) is 0 Å². The highest BCUT2D eigenvalue weighted by molar-refractivity contribution is 4.68. The zero-order valence-corrected chi connectivity index (χ0v) is 10.7. The second-order valence-corrected chi connectivity index (χ2v) is 4.94. The molecule has 0 aromatic carbocycles. The number of hydrogen-bond donors (Lipinski definition) is 1. The standard InChI is InChI=1S/C12H27NO/c1-7-12(5,6)14-11(4)8-9-13-10(2)3/h10-11,13H,7-9H2,1-6H3. The van der Waals surface area contributed by atoms with Crippen LogP contribution in [0.15, 0.2) is 0 Å². The van der Waals surface area contributed by atoms with Crippen LogP contribution in [-0.4, -0.2) is 24.3 Å². The lowest BCUT2D eigenvalue weighted by Crippen LogP contribution is -2.32. The zero-order valence-electron chi connectivity index (χ0n) is 10.7. The molecule has 0 aliphatic rings. The molecule has 2 nitrogen and oxygen atoms in total. The van der Waals surface area contributed by atoms with Crippen molar-refractivity contribution in [3.8, 4) is 0 Å². The van der Waals surface area contributed by atoms with Gasteiger partial charge in [-0.05, 0) is 40.2 Å². The van der Waals surface area contributed by atoms with Gasteiger partial charge in [-0.2, -0.15) is 0 Å². The van der Waals surface area contributed by atoms with Crippen molar-refractivity contribution in [2.45, 2.75) is 72.1 Å². The molecule has 0 aliphatic heterocycles. The molecule has 0 saturated carbocycles. The molecule has 0 amide bonds. The van der Waals surface area contributed by atoms with Crippen LogP contribution >= 0.6 is 0 Å². The van der Waals surface area contributed by atoms with E-state index in [1.165, 1.54) is 0 Å². The summed E-state index contributed by atoms with van der Waals surface area (Å²) in [5, 5.41) is 3.40. The van der Waals surface area contributed by atoms with Crippen LogP contribution in [0.5, 0.6) is 0 Å². The minimum Gasteiger partial charge on any atom is -0.373 e. The van der Waals surface area contributed by atoms with Crippen molar-refractivity contribution in [2.24, 2.45) is 0 Å². The van der Waals surface area contributed by atoms with E-state index < -0.39 is 0 Å². The van der Waals surface area contributed by atoms with E-state index >= 15 is 0 Å². The minimum absolute atomic E-state index is 0.0250. The van der Waals surface area contributed by atoms with Gasteiger partial charge < -0.3 is 10.1 Å². The highest BCUT2D eigenvalue weighted by Gasteiger charge is 2.18. The van der Waals surface area contributed by atoms with Gasteiger partial charge in [-0.25, -0.2) is 0 Å². The zero-order chi connectivity index (χ0) is 11.2. The quantitative estimate of drug-likeness (QED) is 0.684. The van der Waals surface area contributed by atoms with Crippen LogP contribution in [0.3, 0.4) is 0 Å². The molecule has 1 N–H and O–H groups in total. The molecule has 0 aromatic rings. The average molecular weight is 201 g/mol. The molecule has 1 atom stereocenters. The number of hydrogen-bond acceptors (Lipinski definition) is 2. The summed E-state index contributed by atoms with van der Waals surface area (Å²) < 4.78 is 5.93. The Morgan fingerprint density at radius 2 is 1.79 bits per heavy atom. The van der Waals surface area contributed by atoms with Crippen LogP contribution in [-0.2, 0) is 4.74 Å². The second-order valence-electron chi connectivity index (χ2n) is 4.94. The summed E-state index contributed by atoms with van der Waals surface area (Å²) in [7, 11) is 0. The van der Waals surface area contributed by atoms with Crippen molar-refractivity contribution < 1.29 is 4.74 Å². The van der Waals surface area contributed by atoms with Crippen molar-refractivity contribution in [2.75, 3.05) is 6.54 Å².